The van der Waals surface area contributed by atoms with Crippen LogP contribution in [0.4, 0.5) is 10.1 Å². The normalized spacial score (nSPS) is 14.4. The molecule has 0 aromatic heterocycles. The Labute approximate surface area is 176 Å². The Kier molecular flexibility index (Phi) is 7.41. The fourth-order valence-electron chi connectivity index (χ4n) is 3.55. The zero-order valence-electron chi connectivity index (χ0n) is 17.5. The molecule has 1 saturated heterocycles. The maximum atomic E-state index is 12.9. The zero-order chi connectivity index (χ0) is 21.5. The lowest BCUT2D eigenvalue weighted by atomic mass is 10.1. The molecule has 0 atom stereocenters. The number of anilines is 1. The average Bonchev–Trinajstić information content (AvgIpc) is 2.75. The van der Waals surface area contributed by atoms with Gasteiger partial charge < -0.3 is 14.5 Å². The van der Waals surface area contributed by atoms with Crippen molar-refractivity contribution < 1.29 is 18.7 Å². The van der Waals surface area contributed by atoms with Crippen LogP contribution < -0.4 is 9.64 Å². The van der Waals surface area contributed by atoms with Gasteiger partial charge >= 0.3 is 0 Å². The highest BCUT2D eigenvalue weighted by atomic mass is 19.1. The van der Waals surface area contributed by atoms with E-state index in [2.05, 4.69) is 4.90 Å². The molecular weight excluding hydrogens is 385 g/mol. The van der Waals surface area contributed by atoms with Crippen LogP contribution in [0.15, 0.2) is 48.5 Å². The third-order valence-corrected chi connectivity index (χ3v) is 5.28. The Hall–Kier alpha value is -2.93. The summed E-state index contributed by atoms with van der Waals surface area (Å²) in [7, 11) is 0. The quantitative estimate of drug-likeness (QED) is 0.701. The molecule has 1 aliphatic heterocycles. The Balaban J connectivity index is 1.46. The number of benzene rings is 2. The van der Waals surface area contributed by atoms with E-state index in [4.69, 9.17) is 4.74 Å². The summed E-state index contributed by atoms with van der Waals surface area (Å²) < 4.78 is 18.4. The van der Waals surface area contributed by atoms with Crippen LogP contribution in [0.25, 0.3) is 0 Å². The molecule has 2 aromatic carbocycles. The molecule has 1 aliphatic rings. The molecule has 160 valence electrons. The first-order valence-corrected chi connectivity index (χ1v) is 10.2. The standard InChI is InChI=1S/C23H28FN3O3/c1-3-27(21-7-5-4-6-18(21)2)22(28)16-25-12-14-26(15-13-25)23(29)17-30-20-10-8-19(24)9-11-20/h4-11H,3,12-17H2,1-2H3. The van der Waals surface area contributed by atoms with E-state index in [0.29, 0.717) is 45.0 Å². The third-order valence-electron chi connectivity index (χ3n) is 5.28. The maximum Gasteiger partial charge on any atom is 0.260 e. The molecule has 0 N–H and O–H groups in total. The number of hydrogen-bond donors (Lipinski definition) is 0. The second-order valence-electron chi connectivity index (χ2n) is 7.32. The SMILES string of the molecule is CCN(C(=O)CN1CCN(C(=O)COc2ccc(F)cc2)CC1)c1ccccc1C. The van der Waals surface area contributed by atoms with E-state index in [-0.39, 0.29) is 24.2 Å². The van der Waals surface area contributed by atoms with Crippen LogP contribution in [-0.4, -0.2) is 67.5 Å². The van der Waals surface area contributed by atoms with Gasteiger partial charge in [-0.3, -0.25) is 14.5 Å². The predicted octanol–water partition coefficient (Wildman–Crippen LogP) is 2.71. The van der Waals surface area contributed by atoms with Gasteiger partial charge in [0.15, 0.2) is 6.61 Å². The molecule has 6 nitrogen and oxygen atoms in total. The van der Waals surface area contributed by atoms with Crippen molar-refractivity contribution in [1.82, 2.24) is 9.80 Å². The summed E-state index contributed by atoms with van der Waals surface area (Å²) in [5.74, 6) is 0.0693. The smallest absolute Gasteiger partial charge is 0.260 e. The minimum Gasteiger partial charge on any atom is -0.484 e. The summed E-state index contributed by atoms with van der Waals surface area (Å²) in [6.45, 7) is 7.22. The molecular formula is C23H28FN3O3. The summed E-state index contributed by atoms with van der Waals surface area (Å²) in [5.41, 5.74) is 2.01. The molecule has 30 heavy (non-hydrogen) atoms. The molecule has 0 radical (unpaired) electrons. The number of amides is 2. The van der Waals surface area contributed by atoms with Crippen molar-refractivity contribution in [2.75, 3.05) is 50.8 Å². The topological polar surface area (TPSA) is 53.1 Å². The van der Waals surface area contributed by atoms with Crippen molar-refractivity contribution in [1.29, 1.82) is 0 Å². The van der Waals surface area contributed by atoms with Crippen LogP contribution in [0.5, 0.6) is 5.75 Å². The second-order valence-corrected chi connectivity index (χ2v) is 7.32. The van der Waals surface area contributed by atoms with E-state index in [9.17, 15) is 14.0 Å². The Morgan fingerprint density at radius 1 is 1.03 bits per heavy atom. The van der Waals surface area contributed by atoms with Gasteiger partial charge in [0.1, 0.15) is 11.6 Å². The maximum absolute atomic E-state index is 12.9. The number of aryl methyl sites for hydroxylation is 1. The number of ether oxygens (including phenoxy) is 1. The highest BCUT2D eigenvalue weighted by Crippen LogP contribution is 2.19. The van der Waals surface area contributed by atoms with Crippen LogP contribution in [-0.2, 0) is 9.59 Å². The average molecular weight is 413 g/mol. The number of piperazine rings is 1. The first kappa shape index (κ1) is 21.8. The van der Waals surface area contributed by atoms with E-state index in [1.165, 1.54) is 24.3 Å². The highest BCUT2D eigenvalue weighted by molar-refractivity contribution is 5.95. The minimum absolute atomic E-state index is 0.0613. The van der Waals surface area contributed by atoms with Crippen molar-refractivity contribution in [3.63, 3.8) is 0 Å². The Morgan fingerprint density at radius 2 is 1.70 bits per heavy atom. The predicted molar refractivity (Wildman–Crippen MR) is 114 cm³/mol. The third kappa shape index (κ3) is 5.57. The van der Waals surface area contributed by atoms with Gasteiger partial charge in [-0.25, -0.2) is 4.39 Å². The summed E-state index contributed by atoms with van der Waals surface area (Å²) in [6.07, 6.45) is 0. The Morgan fingerprint density at radius 3 is 2.33 bits per heavy atom. The van der Waals surface area contributed by atoms with Crippen molar-refractivity contribution in [3.05, 3.63) is 59.9 Å². The van der Waals surface area contributed by atoms with E-state index < -0.39 is 0 Å². The molecule has 0 aliphatic carbocycles. The number of nitrogens with zero attached hydrogens (tertiary/aromatic N) is 3. The van der Waals surface area contributed by atoms with Crippen LogP contribution in [0, 0.1) is 12.7 Å². The molecule has 0 saturated carbocycles. The zero-order valence-corrected chi connectivity index (χ0v) is 17.5. The van der Waals surface area contributed by atoms with Gasteiger partial charge in [-0.05, 0) is 49.7 Å². The van der Waals surface area contributed by atoms with Crippen LogP contribution in [0.1, 0.15) is 12.5 Å². The number of likely N-dealkylation sites (N-methyl/N-ethyl adjacent to an activating group) is 1. The van der Waals surface area contributed by atoms with Gasteiger partial charge in [0.25, 0.3) is 5.91 Å². The molecule has 3 rings (SSSR count). The van der Waals surface area contributed by atoms with Gasteiger partial charge in [-0.2, -0.15) is 0 Å². The molecule has 2 aromatic rings. The highest BCUT2D eigenvalue weighted by Gasteiger charge is 2.25. The molecule has 0 spiro atoms. The van der Waals surface area contributed by atoms with E-state index in [1.807, 2.05) is 43.0 Å². The van der Waals surface area contributed by atoms with Crippen LogP contribution in [0.3, 0.4) is 0 Å². The molecule has 0 unspecified atom stereocenters. The van der Waals surface area contributed by atoms with Gasteiger partial charge in [0, 0.05) is 38.4 Å². The first-order valence-electron chi connectivity index (χ1n) is 10.2. The molecule has 0 bridgehead atoms. The largest absolute Gasteiger partial charge is 0.484 e. The van der Waals surface area contributed by atoms with Gasteiger partial charge in [-0.1, -0.05) is 18.2 Å². The van der Waals surface area contributed by atoms with Crippen molar-refractivity contribution >= 4 is 17.5 Å². The van der Waals surface area contributed by atoms with Crippen LogP contribution in [0.2, 0.25) is 0 Å². The van der Waals surface area contributed by atoms with E-state index in [1.54, 1.807) is 4.90 Å². The molecule has 2 amide bonds. The fourth-order valence-corrected chi connectivity index (χ4v) is 3.55. The summed E-state index contributed by atoms with van der Waals surface area (Å²) in [6, 6.07) is 13.5. The number of rotatable bonds is 7. The number of halogens is 1. The van der Waals surface area contributed by atoms with Gasteiger partial charge in [0.2, 0.25) is 5.91 Å². The molecule has 1 heterocycles. The number of para-hydroxylation sites is 1. The first-order chi connectivity index (χ1) is 14.5. The van der Waals surface area contributed by atoms with Crippen LogP contribution >= 0.6 is 0 Å². The van der Waals surface area contributed by atoms with E-state index in [0.717, 1.165) is 11.3 Å². The number of carbonyl (C=O) groups is 2. The lowest BCUT2D eigenvalue weighted by molar-refractivity contribution is -0.135. The number of hydrogen-bond acceptors (Lipinski definition) is 4. The fraction of sp³-hybridized carbons (Fsp3) is 0.391. The second kappa shape index (κ2) is 10.2. The summed E-state index contributed by atoms with van der Waals surface area (Å²) in [5, 5.41) is 0. The van der Waals surface area contributed by atoms with Crippen molar-refractivity contribution in [2.24, 2.45) is 0 Å². The lowest BCUT2D eigenvalue weighted by Crippen LogP contribution is -2.52. The molecule has 1 fully saturated rings. The lowest BCUT2D eigenvalue weighted by Gasteiger charge is -2.35. The van der Waals surface area contributed by atoms with Crippen molar-refractivity contribution in [3.8, 4) is 5.75 Å². The minimum atomic E-state index is -0.344. The summed E-state index contributed by atoms with van der Waals surface area (Å²) >= 11 is 0. The molecule has 7 heteroatoms. The van der Waals surface area contributed by atoms with Gasteiger partial charge in [0.05, 0.1) is 6.54 Å². The summed E-state index contributed by atoms with van der Waals surface area (Å²) in [4.78, 5) is 30.9. The van der Waals surface area contributed by atoms with Crippen molar-refractivity contribution in [2.45, 2.75) is 13.8 Å². The number of carbonyl (C=O) groups excluding carboxylic acids is 2. The van der Waals surface area contributed by atoms with E-state index >= 15 is 0 Å². The van der Waals surface area contributed by atoms with Gasteiger partial charge in [-0.15, -0.1) is 0 Å². The monoisotopic (exact) mass is 413 g/mol. The Bertz CT molecular complexity index is 864.